The second-order valence-electron chi connectivity index (χ2n) is 3.77. The van der Waals surface area contributed by atoms with Gasteiger partial charge in [-0.05, 0) is 19.4 Å². The summed E-state index contributed by atoms with van der Waals surface area (Å²) in [7, 11) is 0. The summed E-state index contributed by atoms with van der Waals surface area (Å²) in [5.41, 5.74) is -0.524. The molecule has 12 heavy (non-hydrogen) atoms. The molecule has 0 aromatic carbocycles. The van der Waals surface area contributed by atoms with Crippen LogP contribution in [0.15, 0.2) is 0 Å². The number of rotatable bonds is 6. The van der Waals surface area contributed by atoms with Gasteiger partial charge in [-0.15, -0.1) is 0 Å². The van der Waals surface area contributed by atoms with E-state index in [0.29, 0.717) is 5.92 Å². The van der Waals surface area contributed by atoms with Gasteiger partial charge in [0.25, 0.3) is 0 Å². The van der Waals surface area contributed by atoms with Crippen LogP contribution in [0.25, 0.3) is 0 Å². The number of nitrogens with one attached hydrogen (secondary N) is 1. The Bertz CT molecular complexity index is 113. The van der Waals surface area contributed by atoms with Crippen LogP contribution in [-0.2, 0) is 0 Å². The van der Waals surface area contributed by atoms with Crippen molar-refractivity contribution in [2.45, 2.75) is 32.7 Å². The molecule has 0 spiro atoms. The van der Waals surface area contributed by atoms with Gasteiger partial charge in [-0.1, -0.05) is 20.3 Å². The van der Waals surface area contributed by atoms with E-state index < -0.39 is 5.54 Å². The van der Waals surface area contributed by atoms with E-state index in [1.54, 1.807) is 0 Å². The Labute approximate surface area is 74.8 Å². The Morgan fingerprint density at radius 2 is 1.83 bits per heavy atom. The largest absolute Gasteiger partial charge is 0.394 e. The zero-order chi connectivity index (χ0) is 9.61. The fraction of sp³-hybridized carbons (Fsp3) is 1.00. The van der Waals surface area contributed by atoms with Gasteiger partial charge in [-0.3, -0.25) is 0 Å². The summed E-state index contributed by atoms with van der Waals surface area (Å²) in [4.78, 5) is 0. The summed E-state index contributed by atoms with van der Waals surface area (Å²) in [6, 6.07) is 0. The SMILES string of the molecule is CC[C@H](C)CNC(C)(CO)CO. The van der Waals surface area contributed by atoms with Crippen LogP contribution in [0.5, 0.6) is 0 Å². The highest BCUT2D eigenvalue weighted by Gasteiger charge is 2.21. The van der Waals surface area contributed by atoms with E-state index >= 15 is 0 Å². The Balaban J connectivity index is 3.72. The number of hydrogen-bond acceptors (Lipinski definition) is 3. The van der Waals surface area contributed by atoms with E-state index in [1.165, 1.54) is 0 Å². The molecule has 0 heterocycles. The highest BCUT2D eigenvalue weighted by molar-refractivity contribution is 4.81. The third-order valence-electron chi connectivity index (χ3n) is 2.27. The average molecular weight is 175 g/mol. The van der Waals surface area contributed by atoms with Crippen LogP contribution in [0.4, 0.5) is 0 Å². The van der Waals surface area contributed by atoms with Gasteiger partial charge in [0.2, 0.25) is 0 Å². The molecule has 0 rings (SSSR count). The molecule has 0 aliphatic rings. The van der Waals surface area contributed by atoms with Gasteiger partial charge in [-0.2, -0.15) is 0 Å². The van der Waals surface area contributed by atoms with Crippen molar-refractivity contribution in [3.05, 3.63) is 0 Å². The van der Waals surface area contributed by atoms with Gasteiger partial charge in [0.05, 0.1) is 18.8 Å². The zero-order valence-electron chi connectivity index (χ0n) is 8.30. The van der Waals surface area contributed by atoms with E-state index in [2.05, 4.69) is 19.2 Å². The van der Waals surface area contributed by atoms with Crippen molar-refractivity contribution in [3.63, 3.8) is 0 Å². The molecule has 3 N–H and O–H groups in total. The van der Waals surface area contributed by atoms with Gasteiger partial charge >= 0.3 is 0 Å². The molecule has 0 aromatic heterocycles. The quantitative estimate of drug-likeness (QED) is 0.546. The number of aliphatic hydroxyl groups is 2. The molecular weight excluding hydrogens is 154 g/mol. The molecular formula is C9H21NO2. The highest BCUT2D eigenvalue weighted by Crippen LogP contribution is 2.04. The first kappa shape index (κ1) is 11.9. The van der Waals surface area contributed by atoms with Crippen molar-refractivity contribution in [1.29, 1.82) is 0 Å². The zero-order valence-corrected chi connectivity index (χ0v) is 8.30. The normalized spacial score (nSPS) is 14.8. The fourth-order valence-corrected chi connectivity index (χ4v) is 0.727. The van der Waals surface area contributed by atoms with Crippen LogP contribution >= 0.6 is 0 Å². The van der Waals surface area contributed by atoms with Crippen molar-refractivity contribution in [2.24, 2.45) is 5.92 Å². The standard InChI is InChI=1S/C9H21NO2/c1-4-8(2)5-10-9(3,6-11)7-12/h8,10-12H,4-7H2,1-3H3/t8-/m0/s1. The summed E-state index contributed by atoms with van der Waals surface area (Å²) in [6.07, 6.45) is 1.11. The Kier molecular flexibility index (Phi) is 5.46. The van der Waals surface area contributed by atoms with E-state index in [1.807, 2.05) is 6.92 Å². The third kappa shape index (κ3) is 4.04. The lowest BCUT2D eigenvalue weighted by atomic mass is 10.0. The molecule has 0 fully saturated rings. The summed E-state index contributed by atoms with van der Waals surface area (Å²) in [5, 5.41) is 21.0. The molecule has 0 amide bonds. The van der Waals surface area contributed by atoms with Crippen LogP contribution in [0.1, 0.15) is 27.2 Å². The van der Waals surface area contributed by atoms with Crippen LogP contribution < -0.4 is 5.32 Å². The molecule has 0 aliphatic carbocycles. The molecule has 1 atom stereocenters. The number of hydrogen-bond donors (Lipinski definition) is 3. The molecule has 0 aromatic rings. The minimum absolute atomic E-state index is 0.0278. The van der Waals surface area contributed by atoms with Gasteiger partial charge in [-0.25, -0.2) is 0 Å². The summed E-state index contributed by atoms with van der Waals surface area (Å²) in [5.74, 6) is 0.586. The molecule has 0 saturated heterocycles. The molecule has 3 nitrogen and oxygen atoms in total. The minimum Gasteiger partial charge on any atom is -0.394 e. The molecule has 0 radical (unpaired) electrons. The van der Waals surface area contributed by atoms with Crippen molar-refractivity contribution >= 4 is 0 Å². The third-order valence-corrected chi connectivity index (χ3v) is 2.27. The van der Waals surface area contributed by atoms with Crippen molar-refractivity contribution in [3.8, 4) is 0 Å². The van der Waals surface area contributed by atoms with Crippen molar-refractivity contribution in [2.75, 3.05) is 19.8 Å². The van der Waals surface area contributed by atoms with Gasteiger partial charge in [0.1, 0.15) is 0 Å². The monoisotopic (exact) mass is 175 g/mol. The molecule has 0 unspecified atom stereocenters. The van der Waals surface area contributed by atoms with Gasteiger partial charge in [0.15, 0.2) is 0 Å². The first-order chi connectivity index (χ1) is 5.58. The lowest BCUT2D eigenvalue weighted by molar-refractivity contribution is 0.101. The molecule has 0 aliphatic heterocycles. The Morgan fingerprint density at radius 3 is 2.17 bits per heavy atom. The second-order valence-corrected chi connectivity index (χ2v) is 3.77. The Morgan fingerprint density at radius 1 is 1.33 bits per heavy atom. The maximum Gasteiger partial charge on any atom is 0.0633 e. The summed E-state index contributed by atoms with van der Waals surface area (Å²) >= 11 is 0. The van der Waals surface area contributed by atoms with E-state index in [-0.39, 0.29) is 13.2 Å². The maximum absolute atomic E-state index is 8.95. The Hall–Kier alpha value is -0.120. The average Bonchev–Trinajstić information content (AvgIpc) is 2.13. The molecule has 0 bridgehead atoms. The van der Waals surface area contributed by atoms with Gasteiger partial charge in [0, 0.05) is 0 Å². The minimum atomic E-state index is -0.524. The highest BCUT2D eigenvalue weighted by atomic mass is 16.3. The topological polar surface area (TPSA) is 52.5 Å². The summed E-state index contributed by atoms with van der Waals surface area (Å²) in [6.45, 7) is 6.87. The van der Waals surface area contributed by atoms with E-state index in [9.17, 15) is 0 Å². The first-order valence-electron chi connectivity index (χ1n) is 4.54. The molecule has 0 saturated carbocycles. The van der Waals surface area contributed by atoms with Gasteiger partial charge < -0.3 is 15.5 Å². The fourth-order valence-electron chi connectivity index (χ4n) is 0.727. The van der Waals surface area contributed by atoms with Crippen molar-refractivity contribution in [1.82, 2.24) is 5.32 Å². The van der Waals surface area contributed by atoms with Crippen LogP contribution in [0.2, 0.25) is 0 Å². The molecule has 74 valence electrons. The van der Waals surface area contributed by atoms with Crippen LogP contribution in [0, 0.1) is 5.92 Å². The maximum atomic E-state index is 8.95. The lowest BCUT2D eigenvalue weighted by Crippen LogP contribution is -2.50. The van der Waals surface area contributed by atoms with Crippen LogP contribution in [-0.4, -0.2) is 35.5 Å². The van der Waals surface area contributed by atoms with E-state index in [0.717, 1.165) is 13.0 Å². The first-order valence-corrected chi connectivity index (χ1v) is 4.54. The van der Waals surface area contributed by atoms with Crippen LogP contribution in [0.3, 0.4) is 0 Å². The molecule has 3 heteroatoms. The van der Waals surface area contributed by atoms with E-state index in [4.69, 9.17) is 10.2 Å². The smallest absolute Gasteiger partial charge is 0.0633 e. The van der Waals surface area contributed by atoms with Crippen molar-refractivity contribution < 1.29 is 10.2 Å². The summed E-state index contributed by atoms with van der Waals surface area (Å²) < 4.78 is 0. The second kappa shape index (κ2) is 5.51. The predicted octanol–water partition coefficient (Wildman–Crippen LogP) is 0.365. The number of aliphatic hydroxyl groups excluding tert-OH is 2. The predicted molar refractivity (Wildman–Crippen MR) is 50.0 cm³/mol. The lowest BCUT2D eigenvalue weighted by Gasteiger charge is -2.27.